The zero-order chi connectivity index (χ0) is 14.4. The van der Waals surface area contributed by atoms with E-state index in [0.29, 0.717) is 5.56 Å². The Kier molecular flexibility index (Phi) is 4.45. The van der Waals surface area contributed by atoms with E-state index < -0.39 is 11.6 Å². The quantitative estimate of drug-likeness (QED) is 0.474. The Morgan fingerprint density at radius 1 is 0.950 bits per heavy atom. The number of methoxy groups -OCH3 is 1. The Hall–Kier alpha value is -2.68. The average Bonchev–Trinajstić information content (AvgIpc) is 2.53. The molecule has 3 heteroatoms. The molecule has 0 aliphatic carbocycles. The number of hydrogen-bond donors (Lipinski definition) is 0. The second-order valence-electron chi connectivity index (χ2n) is 4.17. The Morgan fingerprint density at radius 3 is 2.20 bits per heavy atom. The number of ketones is 2. The first-order valence-electron chi connectivity index (χ1n) is 6.16. The third-order valence-electron chi connectivity index (χ3n) is 2.80. The highest BCUT2D eigenvalue weighted by atomic mass is 16.5. The number of allylic oxidation sites excluding steroid dienone is 1. The van der Waals surface area contributed by atoms with Gasteiger partial charge >= 0.3 is 0 Å². The maximum atomic E-state index is 11.8. The summed E-state index contributed by atoms with van der Waals surface area (Å²) in [6.07, 6.45) is 2.90. The maximum Gasteiger partial charge on any atom is 0.232 e. The summed E-state index contributed by atoms with van der Waals surface area (Å²) in [6, 6.07) is 15.7. The van der Waals surface area contributed by atoms with Crippen LogP contribution in [0.15, 0.2) is 60.7 Å². The molecule has 0 aliphatic heterocycles. The number of hydrogen-bond acceptors (Lipinski definition) is 3. The van der Waals surface area contributed by atoms with Gasteiger partial charge in [0.25, 0.3) is 0 Å². The van der Waals surface area contributed by atoms with Gasteiger partial charge in [-0.3, -0.25) is 9.59 Å². The fourth-order valence-corrected chi connectivity index (χ4v) is 1.69. The second kappa shape index (κ2) is 6.48. The van der Waals surface area contributed by atoms with Gasteiger partial charge in [0.2, 0.25) is 11.6 Å². The zero-order valence-electron chi connectivity index (χ0n) is 11.1. The SMILES string of the molecule is COc1ccc(/C=C/C(=O)C(=O)c2ccccc2)cc1. The van der Waals surface area contributed by atoms with Crippen LogP contribution in [0.3, 0.4) is 0 Å². The van der Waals surface area contributed by atoms with Crippen molar-refractivity contribution >= 4 is 17.6 Å². The van der Waals surface area contributed by atoms with Crippen molar-refractivity contribution in [2.24, 2.45) is 0 Å². The van der Waals surface area contributed by atoms with Gasteiger partial charge in [-0.1, -0.05) is 48.5 Å². The van der Waals surface area contributed by atoms with E-state index in [1.807, 2.05) is 12.1 Å². The molecule has 0 saturated carbocycles. The van der Waals surface area contributed by atoms with Gasteiger partial charge in [0.1, 0.15) is 5.75 Å². The largest absolute Gasteiger partial charge is 0.497 e. The molecule has 0 aromatic heterocycles. The van der Waals surface area contributed by atoms with E-state index in [-0.39, 0.29) is 0 Å². The molecule has 0 radical (unpaired) electrons. The van der Waals surface area contributed by atoms with E-state index in [1.54, 1.807) is 55.7 Å². The summed E-state index contributed by atoms with van der Waals surface area (Å²) in [5.74, 6) is -0.295. The molecule has 0 aliphatic rings. The number of carbonyl (C=O) groups is 2. The minimum Gasteiger partial charge on any atom is -0.497 e. The van der Waals surface area contributed by atoms with Crippen molar-refractivity contribution < 1.29 is 14.3 Å². The molecule has 0 heterocycles. The topological polar surface area (TPSA) is 43.4 Å². The van der Waals surface area contributed by atoms with E-state index in [9.17, 15) is 9.59 Å². The highest BCUT2D eigenvalue weighted by molar-refractivity contribution is 6.48. The van der Waals surface area contributed by atoms with Crippen LogP contribution in [0.2, 0.25) is 0 Å². The molecule has 0 N–H and O–H groups in total. The molecule has 3 nitrogen and oxygen atoms in total. The highest BCUT2D eigenvalue weighted by Gasteiger charge is 2.12. The molecule has 0 fully saturated rings. The van der Waals surface area contributed by atoms with Crippen LogP contribution in [0.4, 0.5) is 0 Å². The van der Waals surface area contributed by atoms with Crippen molar-refractivity contribution in [3.63, 3.8) is 0 Å². The summed E-state index contributed by atoms with van der Waals surface area (Å²) in [5.41, 5.74) is 1.23. The Morgan fingerprint density at radius 2 is 1.60 bits per heavy atom. The van der Waals surface area contributed by atoms with Gasteiger partial charge in [-0.2, -0.15) is 0 Å². The Labute approximate surface area is 117 Å². The lowest BCUT2D eigenvalue weighted by atomic mass is 10.1. The predicted molar refractivity (Wildman–Crippen MR) is 77.8 cm³/mol. The van der Waals surface area contributed by atoms with Crippen LogP contribution >= 0.6 is 0 Å². The number of benzene rings is 2. The lowest BCUT2D eigenvalue weighted by molar-refractivity contribution is -0.110. The van der Waals surface area contributed by atoms with Crippen molar-refractivity contribution in [2.45, 2.75) is 0 Å². The van der Waals surface area contributed by atoms with E-state index in [1.165, 1.54) is 6.08 Å². The minimum atomic E-state index is -0.535. The number of carbonyl (C=O) groups excluding carboxylic acids is 2. The standard InChI is InChI=1S/C17H14O3/c1-20-15-10-7-13(8-11-15)9-12-16(18)17(19)14-5-3-2-4-6-14/h2-12H,1H3/b12-9+. The van der Waals surface area contributed by atoms with Crippen LogP contribution in [0.25, 0.3) is 6.08 Å². The molecule has 0 amide bonds. The third kappa shape index (κ3) is 3.42. The van der Waals surface area contributed by atoms with Crippen molar-refractivity contribution in [1.82, 2.24) is 0 Å². The predicted octanol–water partition coefficient (Wildman–Crippen LogP) is 3.16. The van der Waals surface area contributed by atoms with Crippen LogP contribution < -0.4 is 4.74 Å². The summed E-state index contributed by atoms with van der Waals surface area (Å²) in [6.45, 7) is 0. The molecule has 2 aromatic rings. The van der Waals surface area contributed by atoms with Crippen LogP contribution in [0, 0.1) is 0 Å². The first-order chi connectivity index (χ1) is 9.70. The molecule has 0 saturated heterocycles. The normalized spacial score (nSPS) is 10.4. The fraction of sp³-hybridized carbons (Fsp3) is 0.0588. The third-order valence-corrected chi connectivity index (χ3v) is 2.80. The van der Waals surface area contributed by atoms with Crippen molar-refractivity contribution in [3.8, 4) is 5.75 Å². The molecule has 2 aromatic carbocycles. The number of Topliss-reactive ketones (excluding diaryl/α,β-unsaturated/α-hetero) is 1. The summed E-state index contributed by atoms with van der Waals surface area (Å²) in [4.78, 5) is 23.6. The molecular formula is C17H14O3. The monoisotopic (exact) mass is 266 g/mol. The Bertz CT molecular complexity index is 625. The maximum absolute atomic E-state index is 11.8. The average molecular weight is 266 g/mol. The van der Waals surface area contributed by atoms with Gasteiger partial charge in [0.05, 0.1) is 7.11 Å². The lowest BCUT2D eigenvalue weighted by Crippen LogP contribution is -2.10. The van der Waals surface area contributed by atoms with Gasteiger partial charge < -0.3 is 4.74 Å². The Balaban J connectivity index is 2.07. The number of ether oxygens (including phenoxy) is 1. The van der Waals surface area contributed by atoms with E-state index in [2.05, 4.69) is 0 Å². The number of rotatable bonds is 5. The summed E-state index contributed by atoms with van der Waals surface area (Å²) in [7, 11) is 1.59. The van der Waals surface area contributed by atoms with Crippen LogP contribution in [-0.4, -0.2) is 18.7 Å². The fourth-order valence-electron chi connectivity index (χ4n) is 1.69. The van der Waals surface area contributed by atoms with Gasteiger partial charge in [-0.15, -0.1) is 0 Å². The molecule has 0 atom stereocenters. The van der Waals surface area contributed by atoms with Gasteiger partial charge in [0, 0.05) is 5.56 Å². The molecule has 0 bridgehead atoms. The zero-order valence-corrected chi connectivity index (χ0v) is 11.1. The van der Waals surface area contributed by atoms with Gasteiger partial charge in [-0.25, -0.2) is 0 Å². The van der Waals surface area contributed by atoms with Crippen LogP contribution in [0.5, 0.6) is 5.75 Å². The smallest absolute Gasteiger partial charge is 0.232 e. The van der Waals surface area contributed by atoms with E-state index >= 15 is 0 Å². The van der Waals surface area contributed by atoms with Crippen LogP contribution in [-0.2, 0) is 4.79 Å². The minimum absolute atomic E-state index is 0.400. The summed E-state index contributed by atoms with van der Waals surface area (Å²) < 4.78 is 5.05. The van der Waals surface area contributed by atoms with Gasteiger partial charge in [0.15, 0.2) is 0 Å². The van der Waals surface area contributed by atoms with Gasteiger partial charge in [-0.05, 0) is 23.8 Å². The second-order valence-corrected chi connectivity index (χ2v) is 4.17. The molecular weight excluding hydrogens is 252 g/mol. The van der Waals surface area contributed by atoms with Crippen molar-refractivity contribution in [2.75, 3.05) is 7.11 Å². The van der Waals surface area contributed by atoms with E-state index in [4.69, 9.17) is 4.74 Å². The first kappa shape index (κ1) is 13.7. The molecule has 20 heavy (non-hydrogen) atoms. The highest BCUT2D eigenvalue weighted by Crippen LogP contribution is 2.12. The first-order valence-corrected chi connectivity index (χ1v) is 6.16. The molecule has 2 rings (SSSR count). The van der Waals surface area contributed by atoms with Crippen molar-refractivity contribution in [3.05, 3.63) is 71.8 Å². The van der Waals surface area contributed by atoms with E-state index in [0.717, 1.165) is 11.3 Å². The van der Waals surface area contributed by atoms with Crippen molar-refractivity contribution in [1.29, 1.82) is 0 Å². The molecule has 100 valence electrons. The summed E-state index contributed by atoms with van der Waals surface area (Å²) >= 11 is 0. The summed E-state index contributed by atoms with van der Waals surface area (Å²) in [5, 5.41) is 0. The molecule has 0 spiro atoms. The molecule has 0 unspecified atom stereocenters. The lowest BCUT2D eigenvalue weighted by Gasteiger charge is -1.99. The van der Waals surface area contributed by atoms with Crippen LogP contribution in [0.1, 0.15) is 15.9 Å².